The van der Waals surface area contributed by atoms with Crippen molar-refractivity contribution in [3.8, 4) is 5.82 Å². The molecule has 0 bridgehead atoms. The molecular weight excluding hydrogens is 485 g/mol. The minimum Gasteiger partial charge on any atom is -0.324 e. The second kappa shape index (κ2) is 9.24. The van der Waals surface area contributed by atoms with Crippen LogP contribution in [-0.4, -0.2) is 38.1 Å². The molecule has 1 aromatic carbocycles. The third-order valence-electron chi connectivity index (χ3n) is 5.28. The highest BCUT2D eigenvalue weighted by Gasteiger charge is 2.37. The molecule has 1 fully saturated rings. The van der Waals surface area contributed by atoms with Crippen molar-refractivity contribution in [3.05, 3.63) is 65.4 Å². The van der Waals surface area contributed by atoms with Crippen LogP contribution in [0.4, 0.5) is 36.4 Å². The standard InChI is InChI=1S/C21H17F7N6O/c22-14-7-12(32-16(35)6-11-2-1-3-13(17(11)23)21(26,27)28)8-29-19(14)34-10-31-18(33-34)15-4-5-20(24,25)9-30-15/h1-3,7-8,10,15,30H,4-6,9H2,(H,32,35)/t15-/m1/s1. The number of amides is 1. The maximum atomic E-state index is 14.6. The summed E-state index contributed by atoms with van der Waals surface area (Å²) in [7, 11) is 0. The molecule has 4 rings (SSSR count). The van der Waals surface area contributed by atoms with Crippen LogP contribution < -0.4 is 10.6 Å². The number of hydrogen-bond acceptors (Lipinski definition) is 5. The van der Waals surface area contributed by atoms with Crippen molar-refractivity contribution in [2.24, 2.45) is 0 Å². The zero-order valence-electron chi connectivity index (χ0n) is 17.7. The van der Waals surface area contributed by atoms with Crippen molar-refractivity contribution in [2.45, 2.75) is 37.4 Å². The number of anilines is 1. The average molecular weight is 502 g/mol. The molecule has 0 radical (unpaired) electrons. The Balaban J connectivity index is 1.43. The predicted octanol–water partition coefficient (Wildman–Crippen LogP) is 4.20. The van der Waals surface area contributed by atoms with Gasteiger partial charge in [0.05, 0.1) is 36.5 Å². The first-order valence-electron chi connectivity index (χ1n) is 10.3. The highest BCUT2D eigenvalue weighted by Crippen LogP contribution is 2.33. The predicted molar refractivity (Wildman–Crippen MR) is 108 cm³/mol. The lowest BCUT2D eigenvalue weighted by Gasteiger charge is -2.27. The van der Waals surface area contributed by atoms with Gasteiger partial charge in [-0.15, -0.1) is 5.10 Å². The summed E-state index contributed by atoms with van der Waals surface area (Å²) in [5.41, 5.74) is -2.10. The smallest absolute Gasteiger partial charge is 0.324 e. The molecule has 1 atom stereocenters. The minimum atomic E-state index is -4.92. The molecule has 35 heavy (non-hydrogen) atoms. The SMILES string of the molecule is O=C(Cc1cccc(C(F)(F)F)c1F)Nc1cnc(-n2cnc([C@H]3CCC(F)(F)CN3)n2)c(F)c1. The van der Waals surface area contributed by atoms with Crippen molar-refractivity contribution in [1.29, 1.82) is 0 Å². The van der Waals surface area contributed by atoms with Crippen molar-refractivity contribution in [2.75, 3.05) is 11.9 Å². The molecule has 2 aromatic heterocycles. The molecule has 1 aliphatic heterocycles. The molecule has 186 valence electrons. The first-order valence-corrected chi connectivity index (χ1v) is 10.3. The molecule has 1 amide bonds. The first-order chi connectivity index (χ1) is 16.4. The van der Waals surface area contributed by atoms with E-state index in [0.29, 0.717) is 6.07 Å². The molecule has 0 unspecified atom stereocenters. The van der Waals surface area contributed by atoms with Crippen LogP contribution in [0.15, 0.2) is 36.8 Å². The van der Waals surface area contributed by atoms with E-state index in [9.17, 15) is 35.5 Å². The van der Waals surface area contributed by atoms with E-state index in [4.69, 9.17) is 0 Å². The summed E-state index contributed by atoms with van der Waals surface area (Å²) in [6.07, 6.45) is -3.67. The summed E-state index contributed by atoms with van der Waals surface area (Å²) in [4.78, 5) is 20.1. The largest absolute Gasteiger partial charge is 0.419 e. The Hall–Kier alpha value is -3.55. The third-order valence-corrected chi connectivity index (χ3v) is 5.28. The summed E-state index contributed by atoms with van der Waals surface area (Å²) in [5.74, 6) is -6.30. The van der Waals surface area contributed by atoms with Gasteiger partial charge in [-0.3, -0.25) is 4.79 Å². The van der Waals surface area contributed by atoms with E-state index in [2.05, 4.69) is 25.7 Å². The summed E-state index contributed by atoms with van der Waals surface area (Å²) < 4.78 is 94.8. The fourth-order valence-corrected chi connectivity index (χ4v) is 3.56. The normalized spacial score (nSPS) is 17.9. The fraction of sp³-hybridized carbons (Fsp3) is 0.333. The van der Waals surface area contributed by atoms with Gasteiger partial charge >= 0.3 is 6.18 Å². The first kappa shape index (κ1) is 24.6. The monoisotopic (exact) mass is 502 g/mol. The molecule has 7 nitrogen and oxygen atoms in total. The van der Waals surface area contributed by atoms with E-state index in [1.165, 1.54) is 0 Å². The summed E-state index contributed by atoms with van der Waals surface area (Å²) in [6.45, 7) is -0.530. The van der Waals surface area contributed by atoms with Crippen LogP contribution in [0.5, 0.6) is 0 Å². The van der Waals surface area contributed by atoms with Crippen LogP contribution in [0.3, 0.4) is 0 Å². The number of carbonyl (C=O) groups excluding carboxylic acids is 1. The lowest BCUT2D eigenvalue weighted by molar-refractivity contribution is -0.140. The average Bonchev–Trinajstić information content (AvgIpc) is 3.24. The quantitative estimate of drug-likeness (QED) is 0.511. The van der Waals surface area contributed by atoms with Crippen molar-refractivity contribution >= 4 is 11.6 Å². The molecule has 0 aliphatic carbocycles. The van der Waals surface area contributed by atoms with E-state index >= 15 is 0 Å². The van der Waals surface area contributed by atoms with E-state index < -0.39 is 59.8 Å². The second-order valence-corrected chi connectivity index (χ2v) is 7.91. The molecular formula is C21H17F7N6O. The third kappa shape index (κ3) is 5.58. The number of halogens is 7. The van der Waals surface area contributed by atoms with Gasteiger partial charge in [-0.05, 0) is 18.1 Å². The van der Waals surface area contributed by atoms with E-state index in [1.807, 2.05) is 0 Å². The number of rotatable bonds is 5. The maximum Gasteiger partial charge on any atom is 0.419 e. The number of nitrogens with one attached hydrogen (secondary N) is 2. The Bertz CT molecular complexity index is 1230. The lowest BCUT2D eigenvalue weighted by atomic mass is 10.0. The van der Waals surface area contributed by atoms with Gasteiger partial charge in [-0.2, -0.15) is 17.9 Å². The molecule has 0 spiro atoms. The van der Waals surface area contributed by atoms with Crippen LogP contribution in [-0.2, 0) is 17.4 Å². The van der Waals surface area contributed by atoms with Gasteiger partial charge < -0.3 is 10.6 Å². The number of pyridine rings is 1. The number of carbonyl (C=O) groups is 1. The van der Waals surface area contributed by atoms with Crippen LogP contribution in [0.2, 0.25) is 0 Å². The molecule has 2 N–H and O–H groups in total. The zero-order chi connectivity index (χ0) is 25.4. The number of benzene rings is 1. The van der Waals surface area contributed by atoms with Crippen molar-refractivity contribution < 1.29 is 35.5 Å². The summed E-state index contributed by atoms with van der Waals surface area (Å²) in [6, 6.07) is 2.93. The molecule has 1 aliphatic rings. The van der Waals surface area contributed by atoms with Crippen LogP contribution in [0.1, 0.15) is 35.8 Å². The Labute approximate surface area is 193 Å². The van der Waals surface area contributed by atoms with E-state index in [0.717, 1.165) is 35.4 Å². The Morgan fingerprint density at radius 3 is 2.66 bits per heavy atom. The Kier molecular flexibility index (Phi) is 6.49. The summed E-state index contributed by atoms with van der Waals surface area (Å²) >= 11 is 0. The molecule has 0 saturated carbocycles. The molecule has 1 saturated heterocycles. The maximum absolute atomic E-state index is 14.6. The van der Waals surface area contributed by atoms with Gasteiger partial charge in [0.25, 0.3) is 5.92 Å². The zero-order valence-corrected chi connectivity index (χ0v) is 17.7. The fourth-order valence-electron chi connectivity index (χ4n) is 3.56. The van der Waals surface area contributed by atoms with E-state index in [-0.39, 0.29) is 30.2 Å². The Morgan fingerprint density at radius 2 is 2.00 bits per heavy atom. The van der Waals surface area contributed by atoms with Crippen LogP contribution >= 0.6 is 0 Å². The van der Waals surface area contributed by atoms with Gasteiger partial charge in [-0.1, -0.05) is 12.1 Å². The molecule has 14 heteroatoms. The number of nitrogens with zero attached hydrogens (tertiary/aromatic N) is 4. The number of hydrogen-bond donors (Lipinski definition) is 2. The van der Waals surface area contributed by atoms with Gasteiger partial charge in [0.1, 0.15) is 12.1 Å². The van der Waals surface area contributed by atoms with Gasteiger partial charge in [0.2, 0.25) is 5.91 Å². The number of alkyl halides is 5. The van der Waals surface area contributed by atoms with Crippen LogP contribution in [0.25, 0.3) is 5.82 Å². The van der Waals surface area contributed by atoms with Gasteiger partial charge in [-0.25, -0.2) is 27.5 Å². The number of piperidine rings is 1. The van der Waals surface area contributed by atoms with E-state index in [1.54, 1.807) is 0 Å². The topological polar surface area (TPSA) is 84.7 Å². The highest BCUT2D eigenvalue weighted by atomic mass is 19.4. The Morgan fingerprint density at radius 1 is 1.23 bits per heavy atom. The van der Waals surface area contributed by atoms with Gasteiger partial charge in [0.15, 0.2) is 17.5 Å². The van der Waals surface area contributed by atoms with Crippen molar-refractivity contribution in [3.63, 3.8) is 0 Å². The second-order valence-electron chi connectivity index (χ2n) is 7.91. The van der Waals surface area contributed by atoms with Crippen LogP contribution in [0, 0.1) is 11.6 Å². The minimum absolute atomic E-state index is 0.0877. The lowest BCUT2D eigenvalue weighted by Crippen LogP contribution is -2.41. The molecule has 3 heterocycles. The van der Waals surface area contributed by atoms with Gasteiger partial charge in [0, 0.05) is 12.5 Å². The number of aromatic nitrogens is 4. The molecule has 3 aromatic rings. The highest BCUT2D eigenvalue weighted by molar-refractivity contribution is 5.92. The van der Waals surface area contributed by atoms with Crippen molar-refractivity contribution in [1.82, 2.24) is 25.1 Å². The summed E-state index contributed by atoms with van der Waals surface area (Å²) in [5, 5.41) is 8.95.